The first kappa shape index (κ1) is 14.5. The first-order valence-corrected chi connectivity index (χ1v) is 8.26. The predicted molar refractivity (Wildman–Crippen MR) is 81.3 cm³/mol. The Morgan fingerprint density at radius 3 is 2.73 bits per heavy atom. The molecule has 3 rings (SSSR count). The van der Waals surface area contributed by atoms with Crippen LogP contribution in [0.15, 0.2) is 35.5 Å². The molecule has 0 unspecified atom stereocenters. The van der Waals surface area contributed by atoms with Crippen molar-refractivity contribution in [1.29, 1.82) is 0 Å². The number of hydrogen-bond donors (Lipinski definition) is 1. The van der Waals surface area contributed by atoms with E-state index in [1.54, 1.807) is 12.1 Å². The van der Waals surface area contributed by atoms with E-state index in [0.29, 0.717) is 11.2 Å². The largest absolute Gasteiger partial charge is 0.358 e. The lowest BCUT2D eigenvalue weighted by atomic mass is 10.1. The molecule has 0 aliphatic carbocycles. The number of benzene rings is 1. The van der Waals surface area contributed by atoms with Crippen LogP contribution in [0.5, 0.6) is 0 Å². The number of rotatable bonds is 3. The van der Waals surface area contributed by atoms with Gasteiger partial charge in [0.15, 0.2) is 5.65 Å². The normalized spacial score (nSPS) is 11.9. The van der Waals surface area contributed by atoms with Crippen LogP contribution in [0.2, 0.25) is 0 Å². The van der Waals surface area contributed by atoms with Crippen molar-refractivity contribution in [2.24, 2.45) is 0 Å². The molecule has 0 bridgehead atoms. The minimum absolute atomic E-state index is 0.220. The molecule has 0 atom stereocenters. The number of nitrogens with one attached hydrogen (secondary N) is 1. The second kappa shape index (κ2) is 5.06. The van der Waals surface area contributed by atoms with E-state index < -0.39 is 21.5 Å². The summed E-state index contributed by atoms with van der Waals surface area (Å²) < 4.78 is 26.3. The van der Waals surface area contributed by atoms with E-state index in [1.165, 1.54) is 11.4 Å². The van der Waals surface area contributed by atoms with Crippen molar-refractivity contribution in [1.82, 2.24) is 19.9 Å². The standard InChI is InChI=1S/C14H14N4O3S/c1-9-7-12-16-17-14(22(20,21)8-13(19)15-2)18(12)11-6-4-3-5-10(9)11/h3-7H,8H2,1-2H3,(H,15,19). The minimum atomic E-state index is -3.88. The molecule has 0 radical (unpaired) electrons. The highest BCUT2D eigenvalue weighted by atomic mass is 32.2. The maximum absolute atomic E-state index is 12.4. The molecule has 1 amide bonds. The predicted octanol–water partition coefficient (Wildman–Crippen LogP) is 0.711. The molecule has 0 saturated carbocycles. The summed E-state index contributed by atoms with van der Waals surface area (Å²) in [6.07, 6.45) is 0. The van der Waals surface area contributed by atoms with Gasteiger partial charge in [0.05, 0.1) is 5.52 Å². The number of pyridine rings is 1. The van der Waals surface area contributed by atoms with E-state index in [0.717, 1.165) is 10.9 Å². The second-order valence-corrected chi connectivity index (χ2v) is 6.84. The number of nitrogens with zero attached hydrogens (tertiary/aromatic N) is 3. The molecule has 2 heterocycles. The van der Waals surface area contributed by atoms with Gasteiger partial charge >= 0.3 is 0 Å². The molecule has 114 valence electrons. The number of carbonyl (C=O) groups is 1. The monoisotopic (exact) mass is 318 g/mol. The number of amides is 1. The van der Waals surface area contributed by atoms with Gasteiger partial charge in [0.1, 0.15) is 5.75 Å². The average molecular weight is 318 g/mol. The number of hydrogen-bond acceptors (Lipinski definition) is 5. The lowest BCUT2D eigenvalue weighted by Crippen LogP contribution is -2.28. The van der Waals surface area contributed by atoms with E-state index in [-0.39, 0.29) is 5.16 Å². The number of sulfone groups is 1. The van der Waals surface area contributed by atoms with E-state index in [2.05, 4.69) is 15.5 Å². The summed E-state index contributed by atoms with van der Waals surface area (Å²) in [4.78, 5) is 11.4. The maximum atomic E-state index is 12.4. The highest BCUT2D eigenvalue weighted by Gasteiger charge is 2.26. The van der Waals surface area contributed by atoms with Gasteiger partial charge in [-0.25, -0.2) is 8.42 Å². The van der Waals surface area contributed by atoms with Gasteiger partial charge in [-0.3, -0.25) is 9.20 Å². The Morgan fingerprint density at radius 2 is 2.00 bits per heavy atom. The third-order valence-corrected chi connectivity index (χ3v) is 4.91. The molecule has 8 heteroatoms. The number of aromatic nitrogens is 3. The van der Waals surface area contributed by atoms with Crippen LogP contribution >= 0.6 is 0 Å². The summed E-state index contributed by atoms with van der Waals surface area (Å²) in [6, 6.07) is 9.17. The molecule has 7 nitrogen and oxygen atoms in total. The molecule has 1 N–H and O–H groups in total. The fourth-order valence-electron chi connectivity index (χ4n) is 2.39. The van der Waals surface area contributed by atoms with E-state index in [9.17, 15) is 13.2 Å². The Kier molecular flexibility index (Phi) is 3.32. The van der Waals surface area contributed by atoms with Crippen molar-refractivity contribution in [3.05, 3.63) is 35.9 Å². The van der Waals surface area contributed by atoms with Crippen LogP contribution < -0.4 is 5.32 Å². The Balaban J connectivity index is 2.33. The van der Waals surface area contributed by atoms with Crippen molar-refractivity contribution < 1.29 is 13.2 Å². The highest BCUT2D eigenvalue weighted by Crippen LogP contribution is 2.23. The van der Waals surface area contributed by atoms with Crippen molar-refractivity contribution in [2.45, 2.75) is 12.1 Å². The van der Waals surface area contributed by atoms with Crippen molar-refractivity contribution in [3.8, 4) is 0 Å². The lowest BCUT2D eigenvalue weighted by molar-refractivity contribution is -0.118. The Morgan fingerprint density at radius 1 is 1.27 bits per heavy atom. The smallest absolute Gasteiger partial charge is 0.255 e. The van der Waals surface area contributed by atoms with Crippen LogP contribution in [-0.4, -0.2) is 41.7 Å². The summed E-state index contributed by atoms with van der Waals surface area (Å²) in [7, 11) is -2.49. The van der Waals surface area contributed by atoms with Gasteiger partial charge in [0.2, 0.25) is 15.7 Å². The van der Waals surface area contributed by atoms with Crippen LogP contribution in [0.1, 0.15) is 5.56 Å². The van der Waals surface area contributed by atoms with Crippen molar-refractivity contribution in [2.75, 3.05) is 12.8 Å². The second-order valence-electron chi connectivity index (χ2n) is 4.95. The molecule has 1 aromatic carbocycles. The fraction of sp³-hybridized carbons (Fsp3) is 0.214. The quantitative estimate of drug-likeness (QED) is 0.767. The zero-order chi connectivity index (χ0) is 15.9. The summed E-state index contributed by atoms with van der Waals surface area (Å²) in [6.45, 7) is 1.93. The van der Waals surface area contributed by atoms with E-state index in [4.69, 9.17) is 0 Å². The topological polar surface area (TPSA) is 93.4 Å². The maximum Gasteiger partial charge on any atom is 0.255 e. The van der Waals surface area contributed by atoms with Crippen LogP contribution in [0, 0.1) is 6.92 Å². The fourth-order valence-corrected chi connectivity index (χ4v) is 3.64. The van der Waals surface area contributed by atoms with Gasteiger partial charge in [0, 0.05) is 12.4 Å². The summed E-state index contributed by atoms with van der Waals surface area (Å²) in [5.41, 5.74) is 2.11. The Labute approximate surface area is 126 Å². The number of para-hydroxylation sites is 1. The molecule has 0 saturated heterocycles. The third-order valence-electron chi connectivity index (χ3n) is 3.45. The molecule has 0 spiro atoms. The molecule has 2 aromatic heterocycles. The Bertz CT molecular complexity index is 992. The Hall–Kier alpha value is -2.48. The van der Waals surface area contributed by atoms with Gasteiger partial charge in [-0.05, 0) is 24.6 Å². The zero-order valence-electron chi connectivity index (χ0n) is 12.1. The molecule has 22 heavy (non-hydrogen) atoms. The SMILES string of the molecule is CNC(=O)CS(=O)(=O)c1nnc2cc(C)c3ccccc3n12. The van der Waals surface area contributed by atoms with Crippen LogP contribution in [0.4, 0.5) is 0 Å². The van der Waals surface area contributed by atoms with Crippen molar-refractivity contribution in [3.63, 3.8) is 0 Å². The number of carbonyl (C=O) groups excluding carboxylic acids is 1. The molecule has 0 aliphatic rings. The first-order valence-electron chi connectivity index (χ1n) is 6.61. The van der Waals surface area contributed by atoms with E-state index >= 15 is 0 Å². The number of aryl methyl sites for hydroxylation is 1. The van der Waals surface area contributed by atoms with Crippen molar-refractivity contribution >= 4 is 32.3 Å². The van der Waals surface area contributed by atoms with Crippen LogP contribution in [0.3, 0.4) is 0 Å². The molecule has 0 aliphatic heterocycles. The van der Waals surface area contributed by atoms with Crippen LogP contribution in [0.25, 0.3) is 16.6 Å². The first-order chi connectivity index (χ1) is 10.4. The third kappa shape index (κ3) is 2.21. The van der Waals surface area contributed by atoms with Gasteiger partial charge in [-0.2, -0.15) is 0 Å². The van der Waals surface area contributed by atoms with Gasteiger partial charge < -0.3 is 5.32 Å². The average Bonchev–Trinajstić information content (AvgIpc) is 2.92. The molecule has 0 fully saturated rings. The highest BCUT2D eigenvalue weighted by molar-refractivity contribution is 7.92. The number of fused-ring (bicyclic) bond motifs is 3. The van der Waals surface area contributed by atoms with Gasteiger partial charge in [-0.15, -0.1) is 10.2 Å². The zero-order valence-corrected chi connectivity index (χ0v) is 12.9. The van der Waals surface area contributed by atoms with Crippen LogP contribution in [-0.2, 0) is 14.6 Å². The van der Waals surface area contributed by atoms with Gasteiger partial charge in [0.25, 0.3) is 5.16 Å². The van der Waals surface area contributed by atoms with E-state index in [1.807, 2.05) is 25.1 Å². The van der Waals surface area contributed by atoms with Gasteiger partial charge in [-0.1, -0.05) is 18.2 Å². The molecular weight excluding hydrogens is 304 g/mol. The summed E-state index contributed by atoms with van der Waals surface area (Å²) in [5, 5.41) is 10.7. The summed E-state index contributed by atoms with van der Waals surface area (Å²) in [5.74, 6) is -1.25. The lowest BCUT2D eigenvalue weighted by Gasteiger charge is -2.07. The summed E-state index contributed by atoms with van der Waals surface area (Å²) >= 11 is 0. The molecule has 3 aromatic rings. The molecular formula is C14H14N4O3S. The minimum Gasteiger partial charge on any atom is -0.358 e.